The Kier molecular flexibility index (Phi) is 7.45. The zero-order valence-corrected chi connectivity index (χ0v) is 23.4. The highest BCUT2D eigenvalue weighted by molar-refractivity contribution is 7.90. The van der Waals surface area contributed by atoms with E-state index in [1.54, 1.807) is 19.2 Å². The number of nitrogens with one attached hydrogen (secondary N) is 1. The van der Waals surface area contributed by atoms with E-state index in [9.17, 15) is 13.2 Å². The molecule has 40 heavy (non-hydrogen) atoms. The van der Waals surface area contributed by atoms with E-state index < -0.39 is 21.7 Å². The van der Waals surface area contributed by atoms with E-state index in [4.69, 9.17) is 9.26 Å². The van der Waals surface area contributed by atoms with Crippen LogP contribution in [0.3, 0.4) is 0 Å². The molecule has 0 aliphatic carbocycles. The van der Waals surface area contributed by atoms with Gasteiger partial charge >= 0.3 is 6.01 Å². The maximum Gasteiger partial charge on any atom is 0.324 e. The molecule has 1 aliphatic rings. The molecule has 4 aromatic rings. The van der Waals surface area contributed by atoms with Crippen LogP contribution >= 0.6 is 0 Å². The zero-order valence-electron chi connectivity index (χ0n) is 22.6. The number of hydrogen-bond acceptors (Lipinski definition) is 10. The van der Waals surface area contributed by atoms with Gasteiger partial charge in [0.2, 0.25) is 11.8 Å². The molecular weight excluding hydrogens is 541 g/mol. The standard InChI is InChI=1S/C26H30FN7O5S/c1-5-21(35)32-40(36,37)18-6-7-19(20(27)14-18)23-16(4)30-34-22(8-11-28-25(23)34)38-17-9-12-33(13-10-17)26-29-24(15(2)3)31-39-26/h6-8,11,14-15,17H,5,9-10,12-13H2,1-4H3,(H,32,35). The molecule has 3 aromatic heterocycles. The Bertz CT molecular complexity index is 1660. The molecule has 212 valence electrons. The Balaban J connectivity index is 1.35. The van der Waals surface area contributed by atoms with Crippen molar-refractivity contribution < 1.29 is 26.9 Å². The topological polar surface area (TPSA) is 145 Å². The average Bonchev–Trinajstić information content (AvgIpc) is 3.54. The fraction of sp³-hybridized carbons (Fsp3) is 0.423. The van der Waals surface area contributed by atoms with Crippen LogP contribution in [0.25, 0.3) is 16.8 Å². The van der Waals surface area contributed by atoms with E-state index in [0.29, 0.717) is 47.7 Å². The minimum absolute atomic E-state index is 0.0195. The second-order valence-electron chi connectivity index (χ2n) is 9.90. The Morgan fingerprint density at radius 3 is 2.65 bits per heavy atom. The van der Waals surface area contributed by atoms with Crippen molar-refractivity contribution in [2.75, 3.05) is 18.0 Å². The lowest BCUT2D eigenvalue weighted by Gasteiger charge is -2.30. The van der Waals surface area contributed by atoms with Crippen LogP contribution in [-0.4, -0.2) is 58.3 Å². The van der Waals surface area contributed by atoms with Gasteiger partial charge in [0.05, 0.1) is 16.2 Å². The van der Waals surface area contributed by atoms with Crippen LogP contribution in [0.4, 0.5) is 10.4 Å². The van der Waals surface area contributed by atoms with Crippen LogP contribution in [-0.2, 0) is 14.8 Å². The molecule has 0 radical (unpaired) electrons. The molecule has 1 amide bonds. The van der Waals surface area contributed by atoms with Crippen molar-refractivity contribution in [3.05, 3.63) is 47.8 Å². The average molecular weight is 572 g/mol. The van der Waals surface area contributed by atoms with Crippen LogP contribution < -0.4 is 14.4 Å². The largest absolute Gasteiger partial charge is 0.474 e. The fourth-order valence-corrected chi connectivity index (χ4v) is 5.57. The summed E-state index contributed by atoms with van der Waals surface area (Å²) in [6.07, 6.45) is 2.88. The van der Waals surface area contributed by atoms with Gasteiger partial charge in [-0.2, -0.15) is 14.6 Å². The number of halogens is 1. The Labute approximate surface area is 230 Å². The van der Waals surface area contributed by atoms with E-state index in [1.165, 1.54) is 23.6 Å². The smallest absolute Gasteiger partial charge is 0.324 e. The van der Waals surface area contributed by atoms with E-state index in [2.05, 4.69) is 20.2 Å². The number of hydrogen-bond donors (Lipinski definition) is 1. The van der Waals surface area contributed by atoms with Gasteiger partial charge in [-0.25, -0.2) is 22.5 Å². The fourth-order valence-electron chi connectivity index (χ4n) is 4.51. The summed E-state index contributed by atoms with van der Waals surface area (Å²) in [7, 11) is -4.19. The number of rotatable bonds is 8. The van der Waals surface area contributed by atoms with Crippen molar-refractivity contribution in [1.82, 2.24) is 29.5 Å². The molecule has 12 nitrogen and oxygen atoms in total. The highest BCUT2D eigenvalue weighted by Gasteiger charge is 2.27. The quantitative estimate of drug-likeness (QED) is 0.333. The van der Waals surface area contributed by atoms with Gasteiger partial charge in [-0.1, -0.05) is 25.9 Å². The summed E-state index contributed by atoms with van der Waals surface area (Å²) >= 11 is 0. The predicted molar refractivity (Wildman–Crippen MR) is 143 cm³/mol. The number of aryl methyl sites for hydroxylation is 1. The minimum Gasteiger partial charge on any atom is -0.474 e. The number of carbonyl (C=O) groups excluding carboxylic acids is 1. The van der Waals surface area contributed by atoms with Gasteiger partial charge in [0.1, 0.15) is 11.9 Å². The summed E-state index contributed by atoms with van der Waals surface area (Å²) in [6.45, 7) is 8.62. The van der Waals surface area contributed by atoms with Crippen LogP contribution in [0.15, 0.2) is 39.9 Å². The summed E-state index contributed by atoms with van der Waals surface area (Å²) in [5, 5.41) is 8.58. The number of anilines is 1. The maximum atomic E-state index is 15.3. The van der Waals surface area contributed by atoms with Crippen molar-refractivity contribution in [2.24, 2.45) is 0 Å². The number of fused-ring (bicyclic) bond motifs is 1. The number of carbonyl (C=O) groups is 1. The highest BCUT2D eigenvalue weighted by Crippen LogP contribution is 2.33. The minimum atomic E-state index is -4.19. The second kappa shape index (κ2) is 10.8. The second-order valence-corrected chi connectivity index (χ2v) is 11.6. The molecule has 0 atom stereocenters. The van der Waals surface area contributed by atoms with Gasteiger partial charge in [-0.15, -0.1) is 0 Å². The van der Waals surface area contributed by atoms with Gasteiger partial charge in [0.15, 0.2) is 11.5 Å². The molecule has 4 heterocycles. The van der Waals surface area contributed by atoms with E-state index >= 15 is 4.39 Å². The zero-order chi connectivity index (χ0) is 28.6. The third-order valence-electron chi connectivity index (χ3n) is 6.70. The van der Waals surface area contributed by atoms with Crippen molar-refractivity contribution in [3.8, 4) is 17.0 Å². The molecular formula is C26H30FN7O5S. The molecule has 1 saturated heterocycles. The van der Waals surface area contributed by atoms with Crippen molar-refractivity contribution in [1.29, 1.82) is 0 Å². The number of amides is 1. The van der Waals surface area contributed by atoms with Gasteiger partial charge in [-0.05, 0) is 25.1 Å². The molecule has 0 bridgehead atoms. The number of ether oxygens (including phenoxy) is 1. The third-order valence-corrected chi connectivity index (χ3v) is 8.07. The molecule has 1 fully saturated rings. The summed E-state index contributed by atoms with van der Waals surface area (Å²) < 4.78 is 55.3. The Morgan fingerprint density at radius 2 is 2.00 bits per heavy atom. The number of aromatic nitrogens is 5. The molecule has 0 saturated carbocycles. The van der Waals surface area contributed by atoms with Crippen LogP contribution in [0, 0.1) is 12.7 Å². The number of nitrogens with zero attached hydrogens (tertiary/aromatic N) is 6. The predicted octanol–water partition coefficient (Wildman–Crippen LogP) is 3.61. The van der Waals surface area contributed by atoms with Gasteiger partial charge in [0, 0.05) is 56.1 Å². The molecule has 0 spiro atoms. The van der Waals surface area contributed by atoms with Gasteiger partial charge in [-0.3, -0.25) is 4.79 Å². The lowest BCUT2D eigenvalue weighted by molar-refractivity contribution is -0.119. The van der Waals surface area contributed by atoms with Gasteiger partial charge in [0.25, 0.3) is 10.0 Å². The maximum absolute atomic E-state index is 15.3. The highest BCUT2D eigenvalue weighted by atomic mass is 32.2. The first-order chi connectivity index (χ1) is 19.1. The first-order valence-electron chi connectivity index (χ1n) is 13.0. The lowest BCUT2D eigenvalue weighted by Crippen LogP contribution is -2.38. The molecule has 1 aliphatic heterocycles. The van der Waals surface area contributed by atoms with E-state index in [1.807, 2.05) is 23.5 Å². The Morgan fingerprint density at radius 1 is 1.25 bits per heavy atom. The number of piperidine rings is 1. The van der Waals surface area contributed by atoms with Crippen molar-refractivity contribution >= 4 is 27.6 Å². The molecule has 1 N–H and O–H groups in total. The number of benzene rings is 1. The first kappa shape index (κ1) is 27.5. The van der Waals surface area contributed by atoms with E-state index in [-0.39, 0.29) is 28.9 Å². The summed E-state index contributed by atoms with van der Waals surface area (Å²) in [4.78, 5) is 22.1. The molecule has 1 aromatic carbocycles. The monoisotopic (exact) mass is 571 g/mol. The number of sulfonamides is 1. The van der Waals surface area contributed by atoms with Crippen molar-refractivity contribution in [3.63, 3.8) is 0 Å². The lowest BCUT2D eigenvalue weighted by atomic mass is 10.1. The summed E-state index contributed by atoms with van der Waals surface area (Å²) in [6, 6.07) is 5.68. The van der Waals surface area contributed by atoms with Crippen LogP contribution in [0.1, 0.15) is 57.5 Å². The van der Waals surface area contributed by atoms with Crippen molar-refractivity contribution in [2.45, 2.75) is 63.9 Å². The summed E-state index contributed by atoms with van der Waals surface area (Å²) in [5.74, 6) is -0.150. The summed E-state index contributed by atoms with van der Waals surface area (Å²) in [5.41, 5.74) is 1.40. The normalized spacial score (nSPS) is 14.7. The SMILES string of the molecule is CCC(=O)NS(=O)(=O)c1ccc(-c2c(C)nn3c(OC4CCN(c5nc(C(C)C)no5)CC4)ccnc23)c(F)c1. The Hall–Kier alpha value is -4.07. The van der Waals surface area contributed by atoms with Crippen LogP contribution in [0.5, 0.6) is 5.88 Å². The van der Waals surface area contributed by atoms with Crippen LogP contribution in [0.2, 0.25) is 0 Å². The molecule has 0 unspecified atom stereocenters. The molecule has 14 heteroatoms. The van der Waals surface area contributed by atoms with Gasteiger partial charge < -0.3 is 14.2 Å². The van der Waals surface area contributed by atoms with E-state index in [0.717, 1.165) is 18.9 Å². The molecule has 5 rings (SSSR count). The third kappa shape index (κ3) is 5.35. The first-order valence-corrected chi connectivity index (χ1v) is 14.5.